The molecule has 2 aromatic heterocycles. The van der Waals surface area contributed by atoms with Gasteiger partial charge in [0.1, 0.15) is 0 Å². The van der Waals surface area contributed by atoms with E-state index in [-0.39, 0.29) is 4.21 Å². The molecular formula is C10H11N3O3S2. The quantitative estimate of drug-likeness (QED) is 0.887. The summed E-state index contributed by atoms with van der Waals surface area (Å²) in [4.78, 5) is 17.1. The molecule has 0 aliphatic heterocycles. The number of nitrogens with zero attached hydrogens (tertiary/aromatic N) is 1. The number of anilines is 1. The number of sulfonamides is 1. The van der Waals surface area contributed by atoms with Gasteiger partial charge in [-0.1, -0.05) is 11.3 Å². The predicted octanol–water partition coefficient (Wildman–Crippen LogP) is 1.25. The number of nitrogens with one attached hydrogen (secondary N) is 2. The molecule has 0 atom stereocenters. The van der Waals surface area contributed by atoms with Crippen molar-refractivity contribution in [2.75, 3.05) is 4.72 Å². The summed E-state index contributed by atoms with van der Waals surface area (Å²) in [5.41, 5.74) is 1.54. The molecule has 0 saturated heterocycles. The predicted molar refractivity (Wildman–Crippen MR) is 69.5 cm³/mol. The molecule has 0 aromatic carbocycles. The number of aromatic amines is 1. The van der Waals surface area contributed by atoms with Gasteiger partial charge in [-0.2, -0.15) is 0 Å². The maximum Gasteiger partial charge on any atom is 0.306 e. The molecular weight excluding hydrogens is 274 g/mol. The van der Waals surface area contributed by atoms with Gasteiger partial charge in [-0.15, -0.1) is 0 Å². The van der Waals surface area contributed by atoms with Crippen LogP contribution in [-0.4, -0.2) is 18.4 Å². The van der Waals surface area contributed by atoms with E-state index in [0.29, 0.717) is 22.7 Å². The van der Waals surface area contributed by atoms with Crippen LogP contribution in [0.3, 0.4) is 0 Å². The molecule has 2 heterocycles. The van der Waals surface area contributed by atoms with Gasteiger partial charge < -0.3 is 4.98 Å². The Kier molecular flexibility index (Phi) is 3.22. The van der Waals surface area contributed by atoms with Gasteiger partial charge in [0.15, 0.2) is 4.21 Å². The van der Waals surface area contributed by atoms with E-state index in [2.05, 4.69) is 14.7 Å². The molecule has 0 unspecified atom stereocenters. The zero-order valence-electron chi connectivity index (χ0n) is 9.72. The first-order chi connectivity index (χ1) is 8.38. The Morgan fingerprint density at radius 2 is 2.06 bits per heavy atom. The SMILES string of the molecule is Cc1cncc(NS(=O)(=O)c2sc(=O)[nH]c2C)c1. The molecule has 96 valence electrons. The van der Waals surface area contributed by atoms with Crippen molar-refractivity contribution in [3.63, 3.8) is 0 Å². The Hall–Kier alpha value is -1.67. The summed E-state index contributed by atoms with van der Waals surface area (Å²) in [7, 11) is -3.74. The maximum atomic E-state index is 12.1. The molecule has 0 aliphatic carbocycles. The van der Waals surface area contributed by atoms with Crippen molar-refractivity contribution < 1.29 is 8.42 Å². The molecule has 8 heteroatoms. The molecule has 0 spiro atoms. The third-order valence-electron chi connectivity index (χ3n) is 2.15. The molecule has 0 aliphatic rings. The topological polar surface area (TPSA) is 91.9 Å². The van der Waals surface area contributed by atoms with E-state index in [1.807, 2.05) is 6.92 Å². The van der Waals surface area contributed by atoms with E-state index in [4.69, 9.17) is 0 Å². The van der Waals surface area contributed by atoms with Crippen LogP contribution < -0.4 is 9.60 Å². The van der Waals surface area contributed by atoms with E-state index >= 15 is 0 Å². The number of rotatable bonds is 3. The van der Waals surface area contributed by atoms with Gasteiger partial charge in [0.05, 0.1) is 11.9 Å². The van der Waals surface area contributed by atoms with Gasteiger partial charge in [-0.05, 0) is 25.5 Å². The van der Waals surface area contributed by atoms with Crippen LogP contribution >= 0.6 is 11.3 Å². The van der Waals surface area contributed by atoms with E-state index in [0.717, 1.165) is 5.56 Å². The standard InChI is InChI=1S/C10H11N3O3S2/c1-6-3-8(5-11-4-6)13-18(15,16)9-7(2)12-10(14)17-9/h3-5,13H,1-2H3,(H,12,14). The van der Waals surface area contributed by atoms with Crippen molar-refractivity contribution in [1.82, 2.24) is 9.97 Å². The van der Waals surface area contributed by atoms with Crippen molar-refractivity contribution in [2.45, 2.75) is 18.1 Å². The minimum atomic E-state index is -3.74. The lowest BCUT2D eigenvalue weighted by Gasteiger charge is -2.06. The fraction of sp³-hybridized carbons (Fsp3) is 0.200. The van der Waals surface area contributed by atoms with Gasteiger partial charge in [-0.25, -0.2) is 8.42 Å². The highest BCUT2D eigenvalue weighted by Crippen LogP contribution is 2.20. The number of aromatic nitrogens is 2. The molecule has 2 rings (SSSR count). The highest BCUT2D eigenvalue weighted by molar-refractivity contribution is 7.94. The number of thiazole rings is 1. The maximum absolute atomic E-state index is 12.1. The molecule has 6 nitrogen and oxygen atoms in total. The van der Waals surface area contributed by atoms with Crippen LogP contribution in [0.25, 0.3) is 0 Å². The number of aryl methyl sites for hydroxylation is 2. The van der Waals surface area contributed by atoms with Crippen LogP contribution in [0.15, 0.2) is 27.5 Å². The summed E-state index contributed by atoms with van der Waals surface area (Å²) < 4.78 is 26.5. The van der Waals surface area contributed by atoms with Crippen molar-refractivity contribution in [2.24, 2.45) is 0 Å². The largest absolute Gasteiger partial charge is 0.315 e. The first-order valence-corrected chi connectivity index (χ1v) is 7.32. The zero-order chi connectivity index (χ0) is 13.3. The van der Waals surface area contributed by atoms with Crippen molar-refractivity contribution in [3.05, 3.63) is 39.4 Å². The van der Waals surface area contributed by atoms with E-state index in [1.54, 1.807) is 19.2 Å². The second-order valence-corrected chi connectivity index (χ2v) is 6.64. The van der Waals surface area contributed by atoms with Gasteiger partial charge in [0.25, 0.3) is 10.0 Å². The molecule has 0 saturated carbocycles. The fourth-order valence-electron chi connectivity index (χ4n) is 1.46. The van der Waals surface area contributed by atoms with E-state index in [9.17, 15) is 13.2 Å². The van der Waals surface area contributed by atoms with Crippen LogP contribution in [0.5, 0.6) is 0 Å². The van der Waals surface area contributed by atoms with Gasteiger partial charge in [-0.3, -0.25) is 14.5 Å². The van der Waals surface area contributed by atoms with Gasteiger partial charge in [0.2, 0.25) is 0 Å². The van der Waals surface area contributed by atoms with Crippen LogP contribution in [0.4, 0.5) is 5.69 Å². The highest BCUT2D eigenvalue weighted by atomic mass is 32.2. The van der Waals surface area contributed by atoms with Crippen LogP contribution in [0.2, 0.25) is 0 Å². The molecule has 0 fully saturated rings. The first-order valence-electron chi connectivity index (χ1n) is 5.03. The number of H-pyrrole nitrogens is 1. The average molecular weight is 285 g/mol. The lowest BCUT2D eigenvalue weighted by atomic mass is 10.3. The number of pyridine rings is 1. The minimum absolute atomic E-state index is 0.00555. The molecule has 18 heavy (non-hydrogen) atoms. The summed E-state index contributed by atoms with van der Waals surface area (Å²) in [5.74, 6) is 0. The van der Waals surface area contributed by atoms with E-state index < -0.39 is 14.9 Å². The van der Waals surface area contributed by atoms with Crippen molar-refractivity contribution in [1.29, 1.82) is 0 Å². The van der Waals surface area contributed by atoms with Gasteiger partial charge in [0, 0.05) is 11.9 Å². The Bertz CT molecular complexity index is 731. The summed E-state index contributed by atoms with van der Waals surface area (Å²) in [6.07, 6.45) is 3.03. The first kappa shape index (κ1) is 12.8. The average Bonchev–Trinajstić information content (AvgIpc) is 2.58. The lowest BCUT2D eigenvalue weighted by Crippen LogP contribution is -2.13. The lowest BCUT2D eigenvalue weighted by molar-refractivity contribution is 0.602. The minimum Gasteiger partial charge on any atom is -0.315 e. The summed E-state index contributed by atoms with van der Waals surface area (Å²) >= 11 is 0.663. The van der Waals surface area contributed by atoms with Crippen molar-refractivity contribution >= 4 is 27.0 Å². The van der Waals surface area contributed by atoms with Crippen LogP contribution in [0.1, 0.15) is 11.3 Å². The van der Waals surface area contributed by atoms with E-state index in [1.165, 1.54) is 6.20 Å². The molecule has 0 radical (unpaired) electrons. The molecule has 0 bridgehead atoms. The Balaban J connectivity index is 2.39. The zero-order valence-corrected chi connectivity index (χ0v) is 11.4. The smallest absolute Gasteiger partial charge is 0.306 e. The summed E-state index contributed by atoms with van der Waals surface area (Å²) in [6.45, 7) is 3.35. The van der Waals surface area contributed by atoms with Crippen molar-refractivity contribution in [3.8, 4) is 0 Å². The molecule has 2 N–H and O–H groups in total. The fourth-order valence-corrected chi connectivity index (χ4v) is 3.80. The normalized spacial score (nSPS) is 11.4. The third-order valence-corrected chi connectivity index (χ3v) is 5.14. The van der Waals surface area contributed by atoms with Gasteiger partial charge >= 0.3 is 4.87 Å². The molecule has 2 aromatic rings. The number of hydrogen-bond acceptors (Lipinski definition) is 5. The Morgan fingerprint density at radius 1 is 1.33 bits per heavy atom. The summed E-state index contributed by atoms with van der Waals surface area (Å²) in [6, 6.07) is 1.66. The van der Waals surface area contributed by atoms with Crippen LogP contribution in [-0.2, 0) is 10.0 Å². The monoisotopic (exact) mass is 285 g/mol. The highest BCUT2D eigenvalue weighted by Gasteiger charge is 2.20. The molecule has 0 amide bonds. The third kappa shape index (κ3) is 2.59. The second kappa shape index (κ2) is 4.54. The summed E-state index contributed by atoms with van der Waals surface area (Å²) in [5, 5.41) is 0. The Morgan fingerprint density at radius 3 is 2.61 bits per heavy atom. The Labute approximate surface area is 108 Å². The second-order valence-electron chi connectivity index (χ2n) is 3.78. The number of hydrogen-bond donors (Lipinski definition) is 2. The van der Waals surface area contributed by atoms with Crippen LogP contribution in [0, 0.1) is 13.8 Å².